The molecule has 1 N–H and O–H groups in total. The summed E-state index contributed by atoms with van der Waals surface area (Å²) in [6, 6.07) is 5.19. The van der Waals surface area contributed by atoms with Crippen LogP contribution in [0.1, 0.15) is 58.3 Å². The van der Waals surface area contributed by atoms with E-state index in [-0.39, 0.29) is 0 Å². The molecule has 0 amide bonds. The summed E-state index contributed by atoms with van der Waals surface area (Å²) >= 11 is 14.1. The van der Waals surface area contributed by atoms with Gasteiger partial charge in [0.15, 0.2) is 0 Å². The summed E-state index contributed by atoms with van der Waals surface area (Å²) in [5.74, 6) is 0.291. The van der Waals surface area contributed by atoms with Gasteiger partial charge in [-0.15, -0.1) is 11.3 Å². The molecule has 1 aliphatic rings. The number of hydrogen-bond acceptors (Lipinski definition) is 7. The van der Waals surface area contributed by atoms with Gasteiger partial charge in [0.1, 0.15) is 11.5 Å². The minimum atomic E-state index is -0.929. The van der Waals surface area contributed by atoms with Gasteiger partial charge in [0.2, 0.25) is 0 Å². The number of fused-ring (bicyclic) bond motifs is 1. The lowest BCUT2D eigenvalue weighted by Crippen LogP contribution is -2.00. The summed E-state index contributed by atoms with van der Waals surface area (Å²) in [6.45, 7) is 0.931. The summed E-state index contributed by atoms with van der Waals surface area (Å²) in [7, 11) is 0. The SMILES string of the molecule is O=C(O)c1cccc2nc(CCCCOCc3c(-c4c(Cl)cncc4Cl)noc3C3CC3)sc12. The average Bonchev–Trinajstić information content (AvgIpc) is 3.44. The van der Waals surface area contributed by atoms with E-state index < -0.39 is 5.97 Å². The molecule has 0 radical (unpaired) electrons. The molecule has 0 unspecified atom stereocenters. The number of halogens is 2. The van der Waals surface area contributed by atoms with Crippen LogP contribution < -0.4 is 0 Å². The van der Waals surface area contributed by atoms with Gasteiger partial charge in [-0.1, -0.05) is 34.4 Å². The normalized spacial score (nSPS) is 13.6. The number of aromatic carboxylic acids is 1. The lowest BCUT2D eigenvalue weighted by Gasteiger charge is -2.08. The number of nitrogens with zero attached hydrogens (tertiary/aromatic N) is 3. The number of unbranched alkanes of at least 4 members (excludes halogenated alkanes) is 1. The molecule has 1 fully saturated rings. The fourth-order valence-corrected chi connectivity index (χ4v) is 5.54. The van der Waals surface area contributed by atoms with Gasteiger partial charge in [-0.3, -0.25) is 4.98 Å². The van der Waals surface area contributed by atoms with Gasteiger partial charge in [-0.05, 0) is 44.2 Å². The molecular weight excluding hydrogens is 497 g/mol. The highest BCUT2D eigenvalue weighted by Gasteiger charge is 2.33. The molecule has 10 heteroatoms. The molecule has 0 atom stereocenters. The number of aromatic nitrogens is 3. The Morgan fingerprint density at radius 3 is 2.74 bits per heavy atom. The Morgan fingerprint density at radius 1 is 1.21 bits per heavy atom. The Labute approximate surface area is 209 Å². The second-order valence-electron chi connectivity index (χ2n) is 8.20. The molecule has 0 spiro atoms. The fraction of sp³-hybridized carbons (Fsp3) is 0.333. The van der Waals surface area contributed by atoms with Crippen molar-refractivity contribution in [3.63, 3.8) is 0 Å². The van der Waals surface area contributed by atoms with Gasteiger partial charge in [0, 0.05) is 36.0 Å². The maximum atomic E-state index is 11.4. The Balaban J connectivity index is 1.19. The Hall–Kier alpha value is -2.52. The number of carbonyl (C=O) groups is 1. The lowest BCUT2D eigenvalue weighted by atomic mass is 10.1. The molecule has 1 aliphatic carbocycles. The van der Waals surface area contributed by atoms with Crippen molar-refractivity contribution in [3.8, 4) is 11.3 Å². The number of pyridine rings is 1. The van der Waals surface area contributed by atoms with E-state index in [0.29, 0.717) is 46.0 Å². The zero-order chi connectivity index (χ0) is 23.7. The fourth-order valence-electron chi connectivity index (χ4n) is 3.89. The molecule has 0 aliphatic heterocycles. The second kappa shape index (κ2) is 10.00. The molecule has 5 rings (SSSR count). The topological polar surface area (TPSA) is 98.3 Å². The van der Waals surface area contributed by atoms with E-state index >= 15 is 0 Å². The van der Waals surface area contributed by atoms with E-state index in [4.69, 9.17) is 32.5 Å². The van der Waals surface area contributed by atoms with Crippen molar-refractivity contribution in [2.75, 3.05) is 6.61 Å². The quantitative estimate of drug-likeness (QED) is 0.231. The summed E-state index contributed by atoms with van der Waals surface area (Å²) < 4.78 is 12.4. The van der Waals surface area contributed by atoms with Crippen LogP contribution in [0, 0.1) is 0 Å². The van der Waals surface area contributed by atoms with E-state index in [1.54, 1.807) is 24.5 Å². The number of aryl methyl sites for hydroxylation is 1. The number of benzene rings is 1. The van der Waals surface area contributed by atoms with Crippen molar-refractivity contribution in [3.05, 3.63) is 62.5 Å². The maximum Gasteiger partial charge on any atom is 0.337 e. The van der Waals surface area contributed by atoms with Crippen molar-refractivity contribution in [1.82, 2.24) is 15.1 Å². The van der Waals surface area contributed by atoms with Gasteiger partial charge < -0.3 is 14.4 Å². The first-order chi connectivity index (χ1) is 16.5. The molecule has 1 saturated carbocycles. The van der Waals surface area contributed by atoms with Crippen LogP contribution in [0.15, 0.2) is 35.1 Å². The van der Waals surface area contributed by atoms with Crippen LogP contribution in [0.25, 0.3) is 21.5 Å². The smallest absolute Gasteiger partial charge is 0.337 e. The second-order valence-corrected chi connectivity index (χ2v) is 10.1. The minimum Gasteiger partial charge on any atom is -0.478 e. The Morgan fingerprint density at radius 2 is 2.00 bits per heavy atom. The van der Waals surface area contributed by atoms with Crippen molar-refractivity contribution < 1.29 is 19.2 Å². The first-order valence-electron chi connectivity index (χ1n) is 11.0. The van der Waals surface area contributed by atoms with Crippen LogP contribution >= 0.6 is 34.5 Å². The number of ether oxygens (including phenoxy) is 1. The maximum absolute atomic E-state index is 11.4. The molecule has 176 valence electrons. The predicted molar refractivity (Wildman–Crippen MR) is 131 cm³/mol. The molecule has 3 aromatic heterocycles. The summed E-state index contributed by atoms with van der Waals surface area (Å²) in [5.41, 5.74) is 3.16. The van der Waals surface area contributed by atoms with E-state index in [9.17, 15) is 9.90 Å². The van der Waals surface area contributed by atoms with Gasteiger partial charge in [-0.2, -0.15) is 0 Å². The van der Waals surface area contributed by atoms with Crippen LogP contribution in [0.3, 0.4) is 0 Å². The molecule has 34 heavy (non-hydrogen) atoms. The van der Waals surface area contributed by atoms with Gasteiger partial charge in [0.05, 0.1) is 37.4 Å². The molecule has 0 bridgehead atoms. The average molecular weight is 518 g/mol. The third-order valence-corrected chi connectivity index (χ3v) is 7.46. The third kappa shape index (κ3) is 4.81. The standard InChI is InChI=1S/C24H21Cl2N3O4S/c25-16-10-27-11-17(26)20(16)21-15(22(33-29-21)13-7-8-13)12-32-9-2-1-6-19-28-18-5-3-4-14(24(30)31)23(18)34-19/h3-5,10-11,13H,1-2,6-9,12H2,(H,30,31). The molecule has 0 saturated heterocycles. The molecule has 7 nitrogen and oxygen atoms in total. The minimum absolute atomic E-state index is 0.301. The van der Waals surface area contributed by atoms with Gasteiger partial charge >= 0.3 is 5.97 Å². The highest BCUT2D eigenvalue weighted by Crippen LogP contribution is 2.45. The van der Waals surface area contributed by atoms with E-state index in [2.05, 4.69) is 15.1 Å². The summed E-state index contributed by atoms with van der Waals surface area (Å²) in [5, 5.41) is 15.4. The summed E-state index contributed by atoms with van der Waals surface area (Å²) in [6.07, 6.45) is 7.74. The summed E-state index contributed by atoms with van der Waals surface area (Å²) in [4.78, 5) is 20.0. The molecule has 4 aromatic rings. The molecule has 3 heterocycles. The zero-order valence-electron chi connectivity index (χ0n) is 18.1. The number of carboxylic acids is 1. The van der Waals surface area contributed by atoms with Crippen LogP contribution in [0.2, 0.25) is 10.0 Å². The molecular formula is C24H21Cl2N3O4S. The van der Waals surface area contributed by atoms with Crippen molar-refractivity contribution in [2.24, 2.45) is 0 Å². The number of thiazole rings is 1. The number of hydrogen-bond donors (Lipinski definition) is 1. The van der Waals surface area contributed by atoms with E-state index in [1.165, 1.54) is 11.3 Å². The van der Waals surface area contributed by atoms with E-state index in [1.807, 2.05) is 6.07 Å². The number of carboxylic acid groups (broad SMARTS) is 1. The monoisotopic (exact) mass is 517 g/mol. The Bertz CT molecular complexity index is 1330. The highest BCUT2D eigenvalue weighted by atomic mass is 35.5. The lowest BCUT2D eigenvalue weighted by molar-refractivity contribution is 0.0699. The third-order valence-electron chi connectivity index (χ3n) is 5.72. The van der Waals surface area contributed by atoms with Crippen LogP contribution in [-0.4, -0.2) is 32.8 Å². The number of rotatable bonds is 10. The van der Waals surface area contributed by atoms with Gasteiger partial charge in [-0.25, -0.2) is 9.78 Å². The molecule has 1 aromatic carbocycles. The first-order valence-corrected chi connectivity index (χ1v) is 12.6. The van der Waals surface area contributed by atoms with Crippen LogP contribution in [0.5, 0.6) is 0 Å². The highest BCUT2D eigenvalue weighted by molar-refractivity contribution is 7.19. The van der Waals surface area contributed by atoms with Crippen molar-refractivity contribution in [1.29, 1.82) is 0 Å². The zero-order valence-corrected chi connectivity index (χ0v) is 20.4. The van der Waals surface area contributed by atoms with Crippen LogP contribution in [-0.2, 0) is 17.8 Å². The van der Waals surface area contributed by atoms with E-state index in [0.717, 1.165) is 58.7 Å². The van der Waals surface area contributed by atoms with Crippen LogP contribution in [0.4, 0.5) is 0 Å². The Kier molecular flexibility index (Phi) is 6.83. The predicted octanol–water partition coefficient (Wildman–Crippen LogP) is 6.77. The first kappa shape index (κ1) is 23.2. The van der Waals surface area contributed by atoms with Crippen molar-refractivity contribution >= 4 is 50.7 Å². The van der Waals surface area contributed by atoms with Gasteiger partial charge in [0.25, 0.3) is 0 Å². The largest absolute Gasteiger partial charge is 0.478 e. The van der Waals surface area contributed by atoms with Crippen molar-refractivity contribution in [2.45, 2.75) is 44.6 Å².